The maximum atomic E-state index is 12.7. The molecule has 0 unspecified atom stereocenters. The first-order valence-corrected chi connectivity index (χ1v) is 8.75. The Hall–Kier alpha value is -1.39. The summed E-state index contributed by atoms with van der Waals surface area (Å²) in [6.45, 7) is 4.89. The number of hydrogen-bond acceptors (Lipinski definition) is 4. The minimum atomic E-state index is -0.428. The number of fused-ring (bicyclic) bond motifs is 1. The van der Waals surface area contributed by atoms with E-state index in [0.717, 1.165) is 38.9 Å². The molecule has 1 saturated heterocycles. The van der Waals surface area contributed by atoms with Gasteiger partial charge >= 0.3 is 5.97 Å². The topological polar surface area (TPSA) is 49.8 Å². The average Bonchev–Trinajstić information content (AvgIpc) is 2.56. The van der Waals surface area contributed by atoms with E-state index in [-0.39, 0.29) is 18.0 Å². The number of ether oxygens (including phenoxy) is 1. The van der Waals surface area contributed by atoms with Crippen LogP contribution in [0, 0.1) is 11.3 Å². The Morgan fingerprint density at radius 2 is 2.13 bits per heavy atom. The van der Waals surface area contributed by atoms with Crippen molar-refractivity contribution in [3.8, 4) is 0 Å². The summed E-state index contributed by atoms with van der Waals surface area (Å²) in [6, 6.07) is 10.4. The molecule has 0 spiro atoms. The van der Waals surface area contributed by atoms with E-state index in [1.807, 2.05) is 13.0 Å². The average molecular weight is 317 g/mol. The second-order valence-corrected chi connectivity index (χ2v) is 6.99. The summed E-state index contributed by atoms with van der Waals surface area (Å²) >= 11 is 0. The van der Waals surface area contributed by atoms with Crippen molar-refractivity contribution in [3.05, 3.63) is 35.9 Å². The normalized spacial score (nSPS) is 31.4. The summed E-state index contributed by atoms with van der Waals surface area (Å²) in [5.74, 6) is 0.187. The fourth-order valence-corrected chi connectivity index (χ4v) is 4.30. The van der Waals surface area contributed by atoms with Crippen molar-refractivity contribution >= 4 is 5.97 Å². The molecule has 4 nitrogen and oxygen atoms in total. The van der Waals surface area contributed by atoms with Crippen LogP contribution < -0.4 is 0 Å². The SMILES string of the molecule is CCOC(=O)[C@]12CC[C@@H](O)C[C@H]1CCN(Cc1ccccc1)C2. The van der Waals surface area contributed by atoms with Crippen LogP contribution in [0.3, 0.4) is 0 Å². The Morgan fingerprint density at radius 1 is 1.35 bits per heavy atom. The third kappa shape index (κ3) is 3.43. The largest absolute Gasteiger partial charge is 0.466 e. The molecule has 1 aromatic rings. The first-order valence-electron chi connectivity index (χ1n) is 8.75. The number of carbonyl (C=O) groups excluding carboxylic acids is 1. The number of likely N-dealkylation sites (tertiary alicyclic amines) is 1. The molecule has 3 atom stereocenters. The van der Waals surface area contributed by atoms with E-state index >= 15 is 0 Å². The highest BCUT2D eigenvalue weighted by Crippen LogP contribution is 2.47. The van der Waals surface area contributed by atoms with Gasteiger partial charge < -0.3 is 9.84 Å². The van der Waals surface area contributed by atoms with Crippen LogP contribution in [-0.2, 0) is 16.1 Å². The molecular weight excluding hydrogens is 290 g/mol. The molecule has 0 bridgehead atoms. The maximum absolute atomic E-state index is 12.7. The van der Waals surface area contributed by atoms with Crippen LogP contribution in [0.5, 0.6) is 0 Å². The second kappa shape index (κ2) is 7.02. The first kappa shape index (κ1) is 16.5. The molecule has 1 aliphatic carbocycles. The Kier molecular flexibility index (Phi) is 5.02. The van der Waals surface area contributed by atoms with Gasteiger partial charge in [-0.25, -0.2) is 0 Å². The van der Waals surface area contributed by atoms with Gasteiger partial charge in [0.05, 0.1) is 18.1 Å². The fourth-order valence-electron chi connectivity index (χ4n) is 4.30. The predicted molar refractivity (Wildman–Crippen MR) is 88.7 cm³/mol. The van der Waals surface area contributed by atoms with Gasteiger partial charge in [-0.2, -0.15) is 0 Å². The number of hydrogen-bond donors (Lipinski definition) is 1. The summed E-state index contributed by atoms with van der Waals surface area (Å²) in [6.07, 6.45) is 2.88. The molecule has 1 saturated carbocycles. The number of rotatable bonds is 4. The molecule has 2 aliphatic rings. The molecule has 0 radical (unpaired) electrons. The number of esters is 1. The third-order valence-electron chi connectivity index (χ3n) is 5.49. The number of aliphatic hydroxyl groups excluding tert-OH is 1. The number of benzene rings is 1. The van der Waals surface area contributed by atoms with Crippen molar-refractivity contribution in [3.63, 3.8) is 0 Å². The van der Waals surface area contributed by atoms with E-state index in [9.17, 15) is 9.90 Å². The molecule has 3 rings (SSSR count). The lowest BCUT2D eigenvalue weighted by Gasteiger charge is -2.50. The van der Waals surface area contributed by atoms with Gasteiger partial charge in [0, 0.05) is 13.1 Å². The van der Waals surface area contributed by atoms with Crippen LogP contribution in [0.15, 0.2) is 30.3 Å². The van der Waals surface area contributed by atoms with Gasteiger partial charge in [-0.05, 0) is 50.6 Å². The molecule has 2 fully saturated rings. The van der Waals surface area contributed by atoms with Crippen LogP contribution in [0.2, 0.25) is 0 Å². The van der Waals surface area contributed by atoms with Crippen LogP contribution >= 0.6 is 0 Å². The fraction of sp³-hybridized carbons (Fsp3) is 0.632. The number of nitrogens with zero attached hydrogens (tertiary/aromatic N) is 1. The number of aliphatic hydroxyl groups is 1. The zero-order chi connectivity index (χ0) is 16.3. The molecule has 1 heterocycles. The van der Waals surface area contributed by atoms with Crippen LogP contribution in [0.25, 0.3) is 0 Å². The summed E-state index contributed by atoms with van der Waals surface area (Å²) in [5.41, 5.74) is 0.850. The Labute approximate surface area is 138 Å². The molecular formula is C19H27NO3. The summed E-state index contributed by atoms with van der Waals surface area (Å²) in [4.78, 5) is 15.1. The Morgan fingerprint density at radius 3 is 2.87 bits per heavy atom. The lowest BCUT2D eigenvalue weighted by molar-refractivity contribution is -0.170. The highest BCUT2D eigenvalue weighted by Gasteiger charge is 2.52. The zero-order valence-electron chi connectivity index (χ0n) is 13.9. The minimum Gasteiger partial charge on any atom is -0.466 e. The molecule has 1 aliphatic heterocycles. The summed E-state index contributed by atoms with van der Waals surface area (Å²) in [7, 11) is 0. The van der Waals surface area contributed by atoms with E-state index in [1.54, 1.807) is 0 Å². The van der Waals surface area contributed by atoms with Gasteiger partial charge in [0.2, 0.25) is 0 Å². The molecule has 126 valence electrons. The molecule has 4 heteroatoms. The number of piperidine rings is 1. The molecule has 1 N–H and O–H groups in total. The van der Waals surface area contributed by atoms with Crippen molar-refractivity contribution < 1.29 is 14.6 Å². The minimum absolute atomic E-state index is 0.0605. The van der Waals surface area contributed by atoms with E-state index in [1.165, 1.54) is 5.56 Å². The molecule has 0 amide bonds. The van der Waals surface area contributed by atoms with Gasteiger partial charge in [0.1, 0.15) is 0 Å². The van der Waals surface area contributed by atoms with Crippen molar-refractivity contribution in [1.29, 1.82) is 0 Å². The summed E-state index contributed by atoms with van der Waals surface area (Å²) < 4.78 is 5.43. The van der Waals surface area contributed by atoms with E-state index in [0.29, 0.717) is 13.0 Å². The maximum Gasteiger partial charge on any atom is 0.313 e. The van der Waals surface area contributed by atoms with Crippen LogP contribution in [0.4, 0.5) is 0 Å². The lowest BCUT2D eigenvalue weighted by Crippen LogP contribution is -2.56. The van der Waals surface area contributed by atoms with E-state index in [4.69, 9.17) is 4.74 Å². The zero-order valence-corrected chi connectivity index (χ0v) is 13.9. The number of carbonyl (C=O) groups is 1. The van der Waals surface area contributed by atoms with E-state index < -0.39 is 5.41 Å². The van der Waals surface area contributed by atoms with Crippen LogP contribution in [-0.4, -0.2) is 41.8 Å². The van der Waals surface area contributed by atoms with Crippen molar-refractivity contribution in [2.24, 2.45) is 11.3 Å². The Balaban J connectivity index is 1.77. The van der Waals surface area contributed by atoms with Crippen molar-refractivity contribution in [1.82, 2.24) is 4.90 Å². The third-order valence-corrected chi connectivity index (χ3v) is 5.49. The molecule has 1 aromatic carbocycles. The monoisotopic (exact) mass is 317 g/mol. The lowest BCUT2D eigenvalue weighted by atomic mass is 9.62. The van der Waals surface area contributed by atoms with Gasteiger partial charge in [0.25, 0.3) is 0 Å². The standard InChI is InChI=1S/C19H27NO3/c1-2-23-18(22)19-10-8-17(21)12-16(19)9-11-20(14-19)13-15-6-4-3-5-7-15/h3-7,16-17,21H,2,8-14H2,1H3/t16-,17-,19+/m1/s1. The van der Waals surface area contributed by atoms with Gasteiger partial charge in [-0.15, -0.1) is 0 Å². The van der Waals surface area contributed by atoms with Gasteiger partial charge in [-0.1, -0.05) is 30.3 Å². The van der Waals surface area contributed by atoms with Crippen LogP contribution in [0.1, 0.15) is 38.2 Å². The highest BCUT2D eigenvalue weighted by atomic mass is 16.5. The van der Waals surface area contributed by atoms with Gasteiger partial charge in [0.15, 0.2) is 0 Å². The van der Waals surface area contributed by atoms with Crippen molar-refractivity contribution in [2.75, 3.05) is 19.7 Å². The highest BCUT2D eigenvalue weighted by molar-refractivity contribution is 5.78. The summed E-state index contributed by atoms with van der Waals surface area (Å²) in [5, 5.41) is 10.0. The molecule has 23 heavy (non-hydrogen) atoms. The van der Waals surface area contributed by atoms with E-state index in [2.05, 4.69) is 29.2 Å². The van der Waals surface area contributed by atoms with Crippen molar-refractivity contribution in [2.45, 2.75) is 45.3 Å². The first-order chi connectivity index (χ1) is 11.1. The Bertz CT molecular complexity index is 533. The quantitative estimate of drug-likeness (QED) is 0.867. The predicted octanol–water partition coefficient (Wildman–Crippen LogP) is 2.60. The smallest absolute Gasteiger partial charge is 0.313 e. The molecule has 0 aromatic heterocycles. The second-order valence-electron chi connectivity index (χ2n) is 6.99. The van der Waals surface area contributed by atoms with Gasteiger partial charge in [-0.3, -0.25) is 9.69 Å².